The van der Waals surface area contributed by atoms with Gasteiger partial charge in [-0.15, -0.1) is 0 Å². The number of hydrogen-bond donors (Lipinski definition) is 2. The van der Waals surface area contributed by atoms with E-state index in [2.05, 4.69) is 15.3 Å². The van der Waals surface area contributed by atoms with Crippen LogP contribution in [0.15, 0.2) is 30.3 Å². The van der Waals surface area contributed by atoms with Gasteiger partial charge in [0.1, 0.15) is 0 Å². The number of anilines is 1. The molecular weight excluding hydrogens is 268 g/mol. The average Bonchev–Trinajstić information content (AvgIpc) is 2.47. The van der Waals surface area contributed by atoms with Gasteiger partial charge in [0.05, 0.1) is 7.11 Å². The second-order valence-corrected chi connectivity index (χ2v) is 4.57. The van der Waals surface area contributed by atoms with Gasteiger partial charge in [-0.3, -0.25) is 10.1 Å². The Bertz CT molecular complexity index is 643. The first-order chi connectivity index (χ1) is 10.1. The van der Waals surface area contributed by atoms with Crippen LogP contribution < -0.4 is 15.8 Å². The van der Waals surface area contributed by atoms with E-state index in [9.17, 15) is 4.79 Å². The van der Waals surface area contributed by atoms with Gasteiger partial charge in [-0.1, -0.05) is 12.1 Å². The van der Waals surface area contributed by atoms with E-state index in [4.69, 9.17) is 10.5 Å². The molecule has 0 bridgehead atoms. The normalized spacial score (nSPS) is 10.2. The number of carbonyl (C=O) groups excluding carboxylic acids is 1. The fourth-order valence-electron chi connectivity index (χ4n) is 1.91. The fourth-order valence-corrected chi connectivity index (χ4v) is 1.91. The monoisotopic (exact) mass is 286 g/mol. The molecule has 1 amide bonds. The van der Waals surface area contributed by atoms with Crippen LogP contribution in [0.4, 0.5) is 5.95 Å². The van der Waals surface area contributed by atoms with E-state index in [1.54, 1.807) is 12.1 Å². The Kier molecular flexibility index (Phi) is 4.84. The molecule has 6 nitrogen and oxygen atoms in total. The summed E-state index contributed by atoms with van der Waals surface area (Å²) in [5.41, 5.74) is 7.81. The third kappa shape index (κ3) is 4.00. The van der Waals surface area contributed by atoms with Crippen molar-refractivity contribution in [2.24, 2.45) is 5.73 Å². The molecule has 0 saturated carbocycles. The van der Waals surface area contributed by atoms with Crippen LogP contribution in [0, 0.1) is 6.92 Å². The summed E-state index contributed by atoms with van der Waals surface area (Å²) in [5.74, 6) is 0.372. The second kappa shape index (κ2) is 6.81. The quantitative estimate of drug-likeness (QED) is 0.870. The summed E-state index contributed by atoms with van der Waals surface area (Å²) in [5, 5.41) is 2.67. The fraction of sp³-hybridized carbons (Fsp3) is 0.267. The van der Waals surface area contributed by atoms with Crippen molar-refractivity contribution in [1.82, 2.24) is 9.97 Å². The molecule has 0 aliphatic carbocycles. The summed E-state index contributed by atoms with van der Waals surface area (Å²) in [7, 11) is 1.52. The van der Waals surface area contributed by atoms with Gasteiger partial charge in [0.2, 0.25) is 11.8 Å². The maximum atomic E-state index is 12.2. The molecule has 21 heavy (non-hydrogen) atoms. The molecule has 0 atom stereocenters. The van der Waals surface area contributed by atoms with Crippen LogP contribution in [-0.4, -0.2) is 29.5 Å². The van der Waals surface area contributed by atoms with Gasteiger partial charge in [0.15, 0.2) is 0 Å². The highest BCUT2D eigenvalue weighted by Crippen LogP contribution is 2.13. The van der Waals surface area contributed by atoms with Crippen molar-refractivity contribution in [3.63, 3.8) is 0 Å². The number of methoxy groups -OCH3 is 1. The molecule has 0 radical (unpaired) electrons. The molecule has 0 fully saturated rings. The zero-order valence-electron chi connectivity index (χ0n) is 12.1. The molecular formula is C15H18N4O2. The second-order valence-electron chi connectivity index (χ2n) is 4.57. The van der Waals surface area contributed by atoms with Gasteiger partial charge in [-0.25, -0.2) is 4.98 Å². The minimum absolute atomic E-state index is 0.223. The first-order valence-electron chi connectivity index (χ1n) is 6.62. The summed E-state index contributed by atoms with van der Waals surface area (Å²) in [6.07, 6.45) is 0.732. The number of carbonyl (C=O) groups is 1. The van der Waals surface area contributed by atoms with E-state index in [-0.39, 0.29) is 11.9 Å². The Morgan fingerprint density at radius 2 is 2.14 bits per heavy atom. The van der Waals surface area contributed by atoms with E-state index < -0.39 is 0 Å². The standard InChI is InChI=1S/C15H18N4O2/c1-10-8-13(21-2)18-15(17-10)19-14(20)12-5-3-4-11(9-12)6-7-16/h3-5,8-9H,6-7,16H2,1-2H3,(H,17,18,19,20). The van der Waals surface area contributed by atoms with Gasteiger partial charge >= 0.3 is 0 Å². The number of aromatic nitrogens is 2. The summed E-state index contributed by atoms with van der Waals surface area (Å²) in [6.45, 7) is 2.35. The number of nitrogens with two attached hydrogens (primary N) is 1. The molecule has 0 saturated heterocycles. The Balaban J connectivity index is 2.17. The first kappa shape index (κ1) is 14.9. The zero-order chi connectivity index (χ0) is 15.2. The van der Waals surface area contributed by atoms with Crippen LogP contribution in [0.5, 0.6) is 5.88 Å². The van der Waals surface area contributed by atoms with Crippen LogP contribution in [0.1, 0.15) is 21.6 Å². The maximum absolute atomic E-state index is 12.2. The van der Waals surface area contributed by atoms with Crippen molar-refractivity contribution < 1.29 is 9.53 Å². The first-order valence-corrected chi connectivity index (χ1v) is 6.62. The summed E-state index contributed by atoms with van der Waals surface area (Å²) >= 11 is 0. The van der Waals surface area contributed by atoms with Crippen molar-refractivity contribution in [3.05, 3.63) is 47.2 Å². The third-order valence-electron chi connectivity index (χ3n) is 2.89. The van der Waals surface area contributed by atoms with Crippen molar-refractivity contribution >= 4 is 11.9 Å². The lowest BCUT2D eigenvalue weighted by Gasteiger charge is -2.07. The van der Waals surface area contributed by atoms with Gasteiger partial charge in [-0.05, 0) is 37.6 Å². The van der Waals surface area contributed by atoms with E-state index in [1.807, 2.05) is 25.1 Å². The number of benzene rings is 1. The van der Waals surface area contributed by atoms with Crippen LogP contribution in [0.3, 0.4) is 0 Å². The van der Waals surface area contributed by atoms with Crippen LogP contribution in [0.25, 0.3) is 0 Å². The summed E-state index contributed by atoms with van der Waals surface area (Å²) in [4.78, 5) is 20.5. The largest absolute Gasteiger partial charge is 0.481 e. The predicted octanol–water partition coefficient (Wildman–Crippen LogP) is 1.55. The molecule has 0 aliphatic heterocycles. The molecule has 3 N–H and O–H groups in total. The van der Waals surface area contributed by atoms with Crippen LogP contribution in [-0.2, 0) is 6.42 Å². The highest BCUT2D eigenvalue weighted by Gasteiger charge is 2.10. The Morgan fingerprint density at radius 3 is 2.86 bits per heavy atom. The number of hydrogen-bond acceptors (Lipinski definition) is 5. The Labute approximate surface area is 123 Å². The number of rotatable bonds is 5. The topological polar surface area (TPSA) is 90.1 Å². The molecule has 0 unspecified atom stereocenters. The molecule has 0 spiro atoms. The number of amides is 1. The highest BCUT2D eigenvalue weighted by molar-refractivity contribution is 6.03. The Morgan fingerprint density at radius 1 is 1.33 bits per heavy atom. The van der Waals surface area contributed by atoms with Gasteiger partial charge in [0.25, 0.3) is 5.91 Å². The average molecular weight is 286 g/mol. The maximum Gasteiger partial charge on any atom is 0.258 e. The molecule has 2 aromatic rings. The Hall–Kier alpha value is -2.47. The molecule has 0 aliphatic rings. The smallest absolute Gasteiger partial charge is 0.258 e. The lowest BCUT2D eigenvalue weighted by molar-refractivity contribution is 0.102. The molecule has 1 heterocycles. The highest BCUT2D eigenvalue weighted by atomic mass is 16.5. The van der Waals surface area contributed by atoms with E-state index in [0.717, 1.165) is 12.0 Å². The minimum atomic E-state index is -0.262. The molecule has 2 rings (SSSR count). The van der Waals surface area contributed by atoms with Gasteiger partial charge in [0, 0.05) is 17.3 Å². The summed E-state index contributed by atoms with van der Waals surface area (Å²) < 4.78 is 5.06. The SMILES string of the molecule is COc1cc(C)nc(NC(=O)c2cccc(CCN)c2)n1. The number of aryl methyl sites for hydroxylation is 1. The zero-order valence-corrected chi connectivity index (χ0v) is 12.1. The van der Waals surface area contributed by atoms with Gasteiger partial charge in [-0.2, -0.15) is 4.98 Å². The lowest BCUT2D eigenvalue weighted by atomic mass is 10.1. The number of nitrogens with zero attached hydrogens (tertiary/aromatic N) is 2. The van der Waals surface area contributed by atoms with Crippen molar-refractivity contribution in [2.75, 3.05) is 19.0 Å². The van der Waals surface area contributed by atoms with Crippen molar-refractivity contribution in [3.8, 4) is 5.88 Å². The van der Waals surface area contributed by atoms with Crippen LogP contribution in [0.2, 0.25) is 0 Å². The number of nitrogens with one attached hydrogen (secondary N) is 1. The van der Waals surface area contributed by atoms with Gasteiger partial charge < -0.3 is 10.5 Å². The third-order valence-corrected chi connectivity index (χ3v) is 2.89. The molecule has 1 aromatic carbocycles. The van der Waals surface area contributed by atoms with E-state index in [0.29, 0.717) is 23.7 Å². The van der Waals surface area contributed by atoms with Crippen LogP contribution >= 0.6 is 0 Å². The van der Waals surface area contributed by atoms with Crippen molar-refractivity contribution in [2.45, 2.75) is 13.3 Å². The lowest BCUT2D eigenvalue weighted by Crippen LogP contribution is -2.15. The molecule has 110 valence electrons. The number of ether oxygens (including phenoxy) is 1. The van der Waals surface area contributed by atoms with E-state index >= 15 is 0 Å². The minimum Gasteiger partial charge on any atom is -0.481 e. The predicted molar refractivity (Wildman–Crippen MR) is 80.5 cm³/mol. The van der Waals surface area contributed by atoms with Crippen molar-refractivity contribution in [1.29, 1.82) is 0 Å². The van der Waals surface area contributed by atoms with E-state index in [1.165, 1.54) is 7.11 Å². The molecule has 1 aromatic heterocycles. The molecule has 6 heteroatoms. The summed E-state index contributed by atoms with van der Waals surface area (Å²) in [6, 6.07) is 9.02.